The smallest absolute Gasteiger partial charge is 0.343 e. The second-order valence-electron chi connectivity index (χ2n) is 21.8. The second kappa shape index (κ2) is 24.8. The summed E-state index contributed by atoms with van der Waals surface area (Å²) in [5, 5.41) is 31.5. The van der Waals surface area contributed by atoms with Crippen LogP contribution < -0.4 is 11.1 Å². The third-order valence-electron chi connectivity index (χ3n) is 16.7. The normalized spacial score (nSPS) is 18.3. The van der Waals surface area contributed by atoms with Crippen molar-refractivity contribution in [2.75, 3.05) is 19.8 Å². The molecule has 7 aromatic rings. The van der Waals surface area contributed by atoms with Gasteiger partial charge in [0.2, 0.25) is 0 Å². The van der Waals surface area contributed by atoms with Crippen LogP contribution in [-0.2, 0) is 78.9 Å². The first-order valence-electron chi connectivity index (χ1n) is 28.8. The Balaban J connectivity index is 0.000000146. The Labute approximate surface area is 484 Å². The molecule has 2 atom stereocenters. The highest BCUT2D eigenvalue weighted by Crippen LogP contribution is 2.43. The number of aromatic nitrogens is 3. The maximum absolute atomic E-state index is 15.1. The fourth-order valence-electron chi connectivity index (χ4n) is 11.9. The van der Waals surface area contributed by atoms with Gasteiger partial charge in [0.15, 0.2) is 23.3 Å². The van der Waals surface area contributed by atoms with Crippen LogP contribution in [0, 0.1) is 25.5 Å². The molecule has 0 radical (unpaired) electrons. The molecule has 5 aliphatic heterocycles. The van der Waals surface area contributed by atoms with Crippen molar-refractivity contribution in [3.05, 3.63) is 196 Å². The summed E-state index contributed by atoms with van der Waals surface area (Å²) in [7, 11) is 0. The highest BCUT2D eigenvalue weighted by Gasteiger charge is 2.47. The molecule has 0 aliphatic carbocycles. The van der Waals surface area contributed by atoms with Gasteiger partial charge in [-0.05, 0) is 99.2 Å². The van der Waals surface area contributed by atoms with Crippen molar-refractivity contribution < 1.29 is 57.4 Å². The molecule has 0 spiro atoms. The first-order valence-corrected chi connectivity index (χ1v) is 28.8. The number of aliphatic hydroxyl groups is 3. The van der Waals surface area contributed by atoms with E-state index in [2.05, 4.69) is 6.92 Å². The monoisotopic (exact) mass is 1150 g/mol. The summed E-state index contributed by atoms with van der Waals surface area (Å²) in [6, 6.07) is 27.9. The Hall–Kier alpha value is -7.87. The molecule has 438 valence electrons. The van der Waals surface area contributed by atoms with Crippen molar-refractivity contribution in [3.8, 4) is 11.4 Å². The summed E-state index contributed by atoms with van der Waals surface area (Å²) >= 11 is 0. The van der Waals surface area contributed by atoms with Gasteiger partial charge in [-0.3, -0.25) is 14.4 Å². The molecule has 18 heteroatoms. The maximum atomic E-state index is 15.1. The minimum Gasteiger partial charge on any atom is -0.458 e. The average molecular weight is 1150 g/mol. The van der Waals surface area contributed by atoms with Gasteiger partial charge in [0.05, 0.1) is 64.9 Å². The summed E-state index contributed by atoms with van der Waals surface area (Å²) in [6.45, 7) is 10.5. The predicted octanol–water partition coefficient (Wildman–Crippen LogP) is 10.0. The Bertz CT molecular complexity index is 3830. The van der Waals surface area contributed by atoms with Crippen LogP contribution >= 0.6 is 0 Å². The van der Waals surface area contributed by atoms with Crippen molar-refractivity contribution in [3.63, 3.8) is 0 Å². The maximum Gasteiger partial charge on any atom is 0.343 e. The van der Waals surface area contributed by atoms with Crippen molar-refractivity contribution in [2.45, 2.75) is 143 Å². The summed E-state index contributed by atoms with van der Waals surface area (Å²) in [6.07, 6.45) is 5.91. The summed E-state index contributed by atoms with van der Waals surface area (Å²) in [5.74, 6) is -2.28. The van der Waals surface area contributed by atoms with Gasteiger partial charge in [0, 0.05) is 70.5 Å². The number of carbonyl (C=O) groups excluding carboxylic acids is 3. The Morgan fingerprint density at radius 1 is 0.690 bits per heavy atom. The lowest BCUT2D eigenvalue weighted by Gasteiger charge is -2.31. The number of ether oxygens (including phenoxy) is 4. The minimum absolute atomic E-state index is 0.0661. The number of benzene rings is 4. The highest BCUT2D eigenvalue weighted by atomic mass is 19.1. The van der Waals surface area contributed by atoms with Crippen LogP contribution in [0.4, 0.5) is 14.5 Å². The van der Waals surface area contributed by atoms with E-state index < -0.39 is 29.4 Å². The molecule has 0 unspecified atom stereocenters. The van der Waals surface area contributed by atoms with Crippen LogP contribution in [0.3, 0.4) is 0 Å². The molecule has 1 saturated heterocycles. The number of cyclic esters (lactones) is 2. The Morgan fingerprint density at radius 2 is 1.26 bits per heavy atom. The number of nitrogens with zero attached hydrogens (tertiary/aromatic N) is 4. The van der Waals surface area contributed by atoms with Gasteiger partial charge in [-0.1, -0.05) is 94.3 Å². The number of aliphatic imine (C=N–C) groups is 1. The molecule has 3 aromatic heterocycles. The first kappa shape index (κ1) is 59.3. The van der Waals surface area contributed by atoms with E-state index in [-0.39, 0.29) is 95.6 Å². The summed E-state index contributed by atoms with van der Waals surface area (Å²) in [5.41, 5.74) is 6.61. The molecule has 0 amide bonds. The van der Waals surface area contributed by atoms with Gasteiger partial charge in [-0.25, -0.2) is 28.3 Å². The number of aryl methyl sites for hydroxylation is 2. The SMILES string of the molecule is CCCCCc1c(C)c(F)cc(N=C(c2ccccc2)c2ccccc2)c1C1OCCO1.CC[C@@]1(O)C(=O)OCc2c1cc1n(c2=O)CCC1=O.CC[C@@]1(O)C(=O)OCc2c1cc1n(c2=O)Cc2c-1nc1cc(F)c(C)cc1c2CCCCO. The third-order valence-corrected chi connectivity index (χ3v) is 16.7. The molecule has 0 bridgehead atoms. The molecule has 12 rings (SSSR count). The third kappa shape index (κ3) is 11.0. The van der Waals surface area contributed by atoms with Crippen molar-refractivity contribution in [1.29, 1.82) is 0 Å². The number of unbranched alkanes of at least 4 members (excludes halogenated alkanes) is 3. The van der Waals surface area contributed by atoms with E-state index in [4.69, 9.17) is 28.9 Å². The number of rotatable bonds is 14. The number of esters is 2. The lowest BCUT2D eigenvalue weighted by molar-refractivity contribution is -0.172. The van der Waals surface area contributed by atoms with Gasteiger partial charge in [-0.15, -0.1) is 0 Å². The molecule has 5 aliphatic rings. The van der Waals surface area contributed by atoms with Gasteiger partial charge in [-0.2, -0.15) is 0 Å². The Kier molecular flexibility index (Phi) is 17.5. The van der Waals surface area contributed by atoms with Gasteiger partial charge in [0.1, 0.15) is 24.8 Å². The quantitative estimate of drug-likeness (QED) is 0.0525. The van der Waals surface area contributed by atoms with Crippen LogP contribution in [0.1, 0.15) is 156 Å². The van der Waals surface area contributed by atoms with E-state index in [1.54, 1.807) is 37.5 Å². The number of aliphatic hydroxyl groups excluding tert-OH is 1. The lowest BCUT2D eigenvalue weighted by atomic mass is 9.86. The fraction of sp³-hybridized carbons (Fsp3) is 0.379. The van der Waals surface area contributed by atoms with E-state index in [1.807, 2.05) is 67.6 Å². The number of ketones is 1. The van der Waals surface area contributed by atoms with Crippen LogP contribution in [0.2, 0.25) is 0 Å². The number of pyridine rings is 3. The number of Topliss-reactive ketones (excluding diaryl/α,β-unsaturated/α-hetero) is 1. The predicted molar refractivity (Wildman–Crippen MR) is 310 cm³/mol. The van der Waals surface area contributed by atoms with Crippen LogP contribution in [0.5, 0.6) is 0 Å². The van der Waals surface area contributed by atoms with Gasteiger partial charge < -0.3 is 43.4 Å². The number of halogens is 2. The van der Waals surface area contributed by atoms with E-state index in [0.717, 1.165) is 76.6 Å². The topological polar surface area (TPSA) is 218 Å². The number of hydrogen-bond acceptors (Lipinski definition) is 14. The summed E-state index contributed by atoms with van der Waals surface area (Å²) < 4.78 is 54.3. The second-order valence-corrected chi connectivity index (χ2v) is 21.8. The first-order chi connectivity index (χ1) is 40.5. The van der Waals surface area contributed by atoms with E-state index >= 15 is 4.39 Å². The van der Waals surface area contributed by atoms with E-state index in [9.17, 15) is 43.7 Å². The zero-order valence-corrected chi connectivity index (χ0v) is 47.8. The molecular formula is C66H68F2N4O12. The molecule has 84 heavy (non-hydrogen) atoms. The van der Waals surface area contributed by atoms with E-state index in [1.165, 1.54) is 22.8 Å². The van der Waals surface area contributed by atoms with Crippen LogP contribution in [-0.4, -0.2) is 72.7 Å². The molecular weight excluding hydrogens is 1080 g/mol. The van der Waals surface area contributed by atoms with Crippen molar-refractivity contribution >= 4 is 40.0 Å². The zero-order valence-electron chi connectivity index (χ0n) is 47.8. The summed E-state index contributed by atoms with van der Waals surface area (Å²) in [4.78, 5) is 71.3. The van der Waals surface area contributed by atoms with Crippen molar-refractivity contribution in [2.24, 2.45) is 4.99 Å². The average Bonchev–Trinajstić information content (AvgIpc) is 2.16. The largest absolute Gasteiger partial charge is 0.458 e. The van der Waals surface area contributed by atoms with Gasteiger partial charge >= 0.3 is 11.9 Å². The van der Waals surface area contributed by atoms with E-state index in [0.29, 0.717) is 72.9 Å². The molecule has 3 N–H and O–H groups in total. The molecule has 1 fully saturated rings. The standard InChI is InChI=1S/C28H30FNO2.C25H25FN2O5.C13H13NO5/c1-3-4-7-16-23-20(2)24(29)19-25(26(23)28-31-17-18-32-28)30-27(21-12-8-5-9-13-21)22-14-10-6-11-15-22;1-3-25(32)18-9-21-22-16(11-28(21)23(30)17(18)12-33-24(25)31)14(6-4-5-7-29)15-8-13(2)19(26)10-20(15)27-22;1-2-13(18)8-5-9-10(15)3-4-14(9)11(16)7(8)6-19-12(13)17/h5-6,8-15,19,28H,3-4,7,16-18H2,1-2H3;8-10,29,32H,3-7,11-12H2,1-2H3;5,18H,2-4,6H2,1H3/t;25-;13-/m.00/s1. The number of fused-ring (bicyclic) bond motifs is 7. The van der Waals surface area contributed by atoms with Crippen LogP contribution in [0.15, 0.2) is 106 Å². The van der Waals surface area contributed by atoms with Crippen molar-refractivity contribution in [1.82, 2.24) is 14.1 Å². The minimum atomic E-state index is -1.89. The van der Waals surface area contributed by atoms with Gasteiger partial charge in [0.25, 0.3) is 11.1 Å². The molecule has 0 saturated carbocycles. The highest BCUT2D eigenvalue weighted by molar-refractivity contribution is 6.14. The lowest BCUT2D eigenvalue weighted by Crippen LogP contribution is -2.44. The Morgan fingerprint density at radius 3 is 1.85 bits per heavy atom. The van der Waals surface area contributed by atoms with Crippen LogP contribution in [0.25, 0.3) is 22.3 Å². The molecule has 4 aromatic carbocycles. The fourth-order valence-corrected chi connectivity index (χ4v) is 11.9. The number of hydrogen-bond donors (Lipinski definition) is 3. The molecule has 8 heterocycles. The number of carbonyl (C=O) groups is 3. The zero-order chi connectivity index (χ0) is 59.6. The molecule has 16 nitrogen and oxygen atoms in total.